The first-order valence-electron chi connectivity index (χ1n) is 6.30. The van der Waals surface area contributed by atoms with E-state index in [4.69, 9.17) is 0 Å². The van der Waals surface area contributed by atoms with Gasteiger partial charge in [-0.25, -0.2) is 8.42 Å². The maximum absolute atomic E-state index is 11.7. The average molecular weight is 311 g/mol. The lowest BCUT2D eigenvalue weighted by molar-refractivity contribution is 0.192. The molecule has 108 valence electrons. The van der Waals surface area contributed by atoms with Crippen LogP contribution in [-0.4, -0.2) is 25.8 Å². The van der Waals surface area contributed by atoms with Crippen LogP contribution in [0.25, 0.3) is 0 Å². The highest BCUT2D eigenvalue weighted by Gasteiger charge is 2.11. The summed E-state index contributed by atoms with van der Waals surface area (Å²) in [5.41, 5.74) is 1.67. The lowest BCUT2D eigenvalue weighted by Crippen LogP contribution is -2.11. The van der Waals surface area contributed by atoms with Gasteiger partial charge in [-0.1, -0.05) is 6.92 Å². The molecule has 0 aliphatic heterocycles. The number of benzene rings is 1. The predicted molar refractivity (Wildman–Crippen MR) is 81.9 cm³/mol. The Morgan fingerprint density at radius 3 is 2.50 bits per heavy atom. The van der Waals surface area contributed by atoms with Crippen LogP contribution in [0.2, 0.25) is 0 Å². The van der Waals surface area contributed by atoms with Gasteiger partial charge >= 0.3 is 0 Å². The predicted octanol–water partition coefficient (Wildman–Crippen LogP) is 2.69. The topological polar surface area (TPSA) is 66.4 Å². The van der Waals surface area contributed by atoms with E-state index in [0.29, 0.717) is 11.4 Å². The van der Waals surface area contributed by atoms with Gasteiger partial charge in [-0.15, -0.1) is 0 Å². The molecule has 0 fully saturated rings. The first-order valence-corrected chi connectivity index (χ1v) is 8.89. The third-order valence-electron chi connectivity index (χ3n) is 3.02. The molecule has 1 heterocycles. The van der Waals surface area contributed by atoms with Crippen molar-refractivity contribution < 1.29 is 13.5 Å². The summed E-state index contributed by atoms with van der Waals surface area (Å²) in [5.74, 6) is 0.0939. The molecule has 2 aromatic rings. The van der Waals surface area contributed by atoms with Crippen molar-refractivity contribution in [2.45, 2.75) is 17.9 Å². The largest absolute Gasteiger partial charge is 0.387 e. The van der Waals surface area contributed by atoms with E-state index in [0.717, 1.165) is 11.3 Å². The molecule has 0 saturated carbocycles. The molecule has 0 saturated heterocycles. The van der Waals surface area contributed by atoms with Crippen LogP contribution in [0.4, 0.5) is 5.69 Å². The highest BCUT2D eigenvalue weighted by atomic mass is 32.2. The Labute approximate surface area is 123 Å². The van der Waals surface area contributed by atoms with Gasteiger partial charge in [0.1, 0.15) is 0 Å². The Morgan fingerprint density at radius 1 is 1.25 bits per heavy atom. The number of hydrogen-bond acceptors (Lipinski definition) is 5. The van der Waals surface area contributed by atoms with Crippen molar-refractivity contribution in [3.63, 3.8) is 0 Å². The quantitative estimate of drug-likeness (QED) is 0.861. The van der Waals surface area contributed by atoms with Crippen molar-refractivity contribution in [2.24, 2.45) is 0 Å². The maximum Gasteiger partial charge on any atom is 0.178 e. The van der Waals surface area contributed by atoms with Gasteiger partial charge in [0.15, 0.2) is 9.84 Å². The molecule has 0 aliphatic rings. The lowest BCUT2D eigenvalue weighted by atomic mass is 10.2. The Kier molecular flexibility index (Phi) is 4.80. The number of anilines is 1. The molecule has 2 rings (SSSR count). The van der Waals surface area contributed by atoms with Gasteiger partial charge in [0, 0.05) is 12.2 Å². The fourth-order valence-corrected chi connectivity index (χ4v) is 3.33. The number of thiophene rings is 1. The van der Waals surface area contributed by atoms with E-state index in [1.54, 1.807) is 42.5 Å². The molecular weight excluding hydrogens is 294 g/mol. The van der Waals surface area contributed by atoms with Crippen LogP contribution < -0.4 is 5.32 Å². The number of rotatable bonds is 6. The van der Waals surface area contributed by atoms with E-state index in [1.165, 1.54) is 0 Å². The standard InChI is InChI=1S/C14H17NO3S2/c1-2-20(17,18)13-5-3-12(4-6-13)15-9-14(16)11-7-8-19-10-11/h3-8,10,14-16H,2,9H2,1H3. The summed E-state index contributed by atoms with van der Waals surface area (Å²) >= 11 is 1.54. The lowest BCUT2D eigenvalue weighted by Gasteiger charge is -2.12. The second-order valence-corrected chi connectivity index (χ2v) is 7.44. The molecule has 1 aromatic heterocycles. The monoisotopic (exact) mass is 311 g/mol. The zero-order valence-electron chi connectivity index (χ0n) is 11.1. The van der Waals surface area contributed by atoms with Crippen molar-refractivity contribution in [3.05, 3.63) is 46.7 Å². The second-order valence-electron chi connectivity index (χ2n) is 4.38. The van der Waals surface area contributed by atoms with Gasteiger partial charge in [-0.3, -0.25) is 0 Å². The number of aliphatic hydroxyl groups excluding tert-OH is 1. The number of sulfone groups is 1. The summed E-state index contributed by atoms with van der Waals surface area (Å²) in [6.07, 6.45) is -0.569. The SMILES string of the molecule is CCS(=O)(=O)c1ccc(NCC(O)c2ccsc2)cc1. The van der Waals surface area contributed by atoms with Gasteiger partial charge in [-0.2, -0.15) is 11.3 Å². The molecule has 1 unspecified atom stereocenters. The third-order valence-corrected chi connectivity index (χ3v) is 5.47. The Hall–Kier alpha value is -1.37. The molecule has 0 amide bonds. The maximum atomic E-state index is 11.7. The van der Waals surface area contributed by atoms with E-state index in [2.05, 4.69) is 5.32 Å². The summed E-state index contributed by atoms with van der Waals surface area (Å²) in [4.78, 5) is 0.323. The molecular formula is C14H17NO3S2. The minimum Gasteiger partial charge on any atom is -0.387 e. The van der Waals surface area contributed by atoms with Crippen molar-refractivity contribution in [1.29, 1.82) is 0 Å². The van der Waals surface area contributed by atoms with Crippen LogP contribution in [0.5, 0.6) is 0 Å². The summed E-state index contributed by atoms with van der Waals surface area (Å²) in [5, 5.41) is 16.9. The molecule has 1 atom stereocenters. The summed E-state index contributed by atoms with van der Waals surface area (Å²) in [7, 11) is -3.16. The van der Waals surface area contributed by atoms with E-state index in [-0.39, 0.29) is 5.75 Å². The molecule has 20 heavy (non-hydrogen) atoms. The molecule has 6 heteroatoms. The zero-order chi connectivity index (χ0) is 14.6. The average Bonchev–Trinajstić information content (AvgIpc) is 2.99. The van der Waals surface area contributed by atoms with Crippen LogP contribution in [0.3, 0.4) is 0 Å². The molecule has 0 bridgehead atoms. The van der Waals surface area contributed by atoms with Gasteiger partial charge in [0.25, 0.3) is 0 Å². The summed E-state index contributed by atoms with van der Waals surface area (Å²) < 4.78 is 23.3. The van der Waals surface area contributed by atoms with E-state index in [1.807, 2.05) is 16.8 Å². The zero-order valence-corrected chi connectivity index (χ0v) is 12.7. The summed E-state index contributed by atoms with van der Waals surface area (Å²) in [6, 6.07) is 8.47. The minimum absolute atomic E-state index is 0.0939. The fourth-order valence-electron chi connectivity index (χ4n) is 1.74. The summed E-state index contributed by atoms with van der Waals surface area (Å²) in [6.45, 7) is 2.01. The number of hydrogen-bond donors (Lipinski definition) is 2. The second kappa shape index (κ2) is 6.39. The van der Waals surface area contributed by atoms with Gasteiger partial charge in [0.05, 0.1) is 16.8 Å². The fraction of sp³-hybridized carbons (Fsp3) is 0.286. The Balaban J connectivity index is 1.98. The van der Waals surface area contributed by atoms with E-state index in [9.17, 15) is 13.5 Å². The van der Waals surface area contributed by atoms with Crippen molar-refractivity contribution in [2.75, 3.05) is 17.6 Å². The van der Waals surface area contributed by atoms with Crippen molar-refractivity contribution in [3.8, 4) is 0 Å². The smallest absolute Gasteiger partial charge is 0.178 e. The van der Waals surface area contributed by atoms with Crippen molar-refractivity contribution >= 4 is 26.9 Å². The highest BCUT2D eigenvalue weighted by molar-refractivity contribution is 7.91. The van der Waals surface area contributed by atoms with E-state index >= 15 is 0 Å². The molecule has 0 spiro atoms. The normalized spacial score (nSPS) is 13.1. The van der Waals surface area contributed by atoms with Crippen LogP contribution in [0.1, 0.15) is 18.6 Å². The van der Waals surface area contributed by atoms with Gasteiger partial charge in [0.2, 0.25) is 0 Å². The Bertz CT molecular complexity index is 634. The van der Waals surface area contributed by atoms with Crippen molar-refractivity contribution in [1.82, 2.24) is 0 Å². The first-order chi connectivity index (χ1) is 9.53. The van der Waals surface area contributed by atoms with Gasteiger partial charge in [-0.05, 0) is 46.7 Å². The molecule has 4 nitrogen and oxygen atoms in total. The minimum atomic E-state index is -3.16. The van der Waals surface area contributed by atoms with Crippen LogP contribution >= 0.6 is 11.3 Å². The Morgan fingerprint density at radius 2 is 1.95 bits per heavy atom. The van der Waals surface area contributed by atoms with Crippen LogP contribution in [0.15, 0.2) is 46.0 Å². The van der Waals surface area contributed by atoms with Crippen LogP contribution in [-0.2, 0) is 9.84 Å². The third kappa shape index (κ3) is 3.59. The van der Waals surface area contributed by atoms with E-state index < -0.39 is 15.9 Å². The number of aliphatic hydroxyl groups is 1. The highest BCUT2D eigenvalue weighted by Crippen LogP contribution is 2.19. The molecule has 1 aromatic carbocycles. The van der Waals surface area contributed by atoms with Crippen LogP contribution in [0, 0.1) is 0 Å². The molecule has 0 radical (unpaired) electrons. The number of nitrogens with one attached hydrogen (secondary N) is 1. The first kappa shape index (κ1) is 15.0. The molecule has 0 aliphatic carbocycles. The van der Waals surface area contributed by atoms with Gasteiger partial charge < -0.3 is 10.4 Å². The molecule has 2 N–H and O–H groups in total.